The summed E-state index contributed by atoms with van der Waals surface area (Å²) in [5, 5.41) is 26.1. The Balaban J connectivity index is 1.31. The third-order valence-corrected chi connectivity index (χ3v) is 7.51. The van der Waals surface area contributed by atoms with Crippen molar-refractivity contribution < 1.29 is 34.0 Å². The Labute approximate surface area is 290 Å². The van der Waals surface area contributed by atoms with Gasteiger partial charge in [-0.15, -0.1) is 0 Å². The molecule has 9 nitrogen and oxygen atoms in total. The number of anilines is 2. The molecule has 0 bridgehead atoms. The van der Waals surface area contributed by atoms with Gasteiger partial charge in [-0.2, -0.15) is 0 Å². The Morgan fingerprint density at radius 3 is 1.31 bits per heavy atom. The van der Waals surface area contributed by atoms with E-state index in [2.05, 4.69) is 10.6 Å². The van der Waals surface area contributed by atoms with Crippen LogP contribution in [0, 0.1) is 0 Å². The topological polar surface area (TPSA) is 126 Å². The largest absolute Gasteiger partial charge is 0.508 e. The number of rotatable bonds is 8. The van der Waals surface area contributed by atoms with Crippen molar-refractivity contribution in [2.24, 2.45) is 0 Å². The fraction of sp³-hybridized carbons (Fsp3) is 0. The summed E-state index contributed by atoms with van der Waals surface area (Å²) in [5.74, 6) is 1.55. The normalized spacial score (nSPS) is 10.6. The van der Waals surface area contributed by atoms with Crippen molar-refractivity contribution in [1.82, 2.24) is 0 Å². The monoisotopic (exact) mass is 692 g/mol. The van der Waals surface area contributed by atoms with Crippen LogP contribution in [0.2, 0.25) is 10.0 Å². The number of benzene rings is 6. The van der Waals surface area contributed by atoms with E-state index in [1.807, 2.05) is 0 Å². The van der Waals surface area contributed by atoms with Gasteiger partial charge in [0.2, 0.25) is 0 Å². The molecule has 6 aromatic rings. The lowest BCUT2D eigenvalue weighted by Gasteiger charge is -2.17. The molecule has 244 valence electrons. The average Bonchev–Trinajstić information content (AvgIpc) is 3.07. The maximum atomic E-state index is 12.7. The zero-order valence-electron chi connectivity index (χ0n) is 25.4. The SMILES string of the molecule is O=C(Nc1ccc(Oc2ccc(NC(=O)Oc3cccc(Cl)c3)cc2-c2ccc(O)cc2)c(-c2ccc(O)cc2)c1)Oc1cccc(Cl)c1. The molecule has 0 fully saturated rings. The number of halogens is 2. The first-order valence-electron chi connectivity index (χ1n) is 14.7. The van der Waals surface area contributed by atoms with Gasteiger partial charge in [-0.1, -0.05) is 59.6 Å². The summed E-state index contributed by atoms with van der Waals surface area (Å²) in [4.78, 5) is 25.4. The molecule has 0 heterocycles. The van der Waals surface area contributed by atoms with E-state index in [0.717, 1.165) is 0 Å². The van der Waals surface area contributed by atoms with Gasteiger partial charge >= 0.3 is 12.2 Å². The number of amides is 2. The van der Waals surface area contributed by atoms with Crippen LogP contribution in [-0.2, 0) is 0 Å². The van der Waals surface area contributed by atoms with E-state index in [-0.39, 0.29) is 23.0 Å². The number of aromatic hydroxyl groups is 2. The molecule has 0 saturated heterocycles. The number of phenolic OH excluding ortho intramolecular Hbond substituents is 2. The van der Waals surface area contributed by atoms with Crippen molar-refractivity contribution in [2.45, 2.75) is 0 Å². The van der Waals surface area contributed by atoms with Crippen LogP contribution in [0.15, 0.2) is 133 Å². The molecule has 11 heteroatoms. The Morgan fingerprint density at radius 1 is 0.510 bits per heavy atom. The van der Waals surface area contributed by atoms with E-state index in [9.17, 15) is 19.8 Å². The standard InChI is InChI=1S/C38H26Cl2N2O7/c39-25-3-1-5-31(19-25)47-37(45)41-27-11-17-35(33(21-27)23-7-13-29(43)14-8-23)49-36-18-12-28(22-34(36)24-9-15-30(44)16-10-24)42-38(46)48-32-6-2-4-26(40)20-32/h1-22,43-44H,(H,41,45)(H,42,46). The van der Waals surface area contributed by atoms with Crippen LogP contribution in [0.5, 0.6) is 34.5 Å². The van der Waals surface area contributed by atoms with Gasteiger partial charge in [0.1, 0.15) is 34.5 Å². The molecule has 0 atom stereocenters. The first-order chi connectivity index (χ1) is 23.7. The Kier molecular flexibility index (Phi) is 9.85. The Hall–Kier alpha value is -6.16. The lowest BCUT2D eigenvalue weighted by molar-refractivity contribution is 0.214. The number of ether oxygens (including phenoxy) is 3. The molecule has 0 spiro atoms. The number of nitrogens with one attached hydrogen (secondary N) is 2. The second kappa shape index (κ2) is 14.7. The quantitative estimate of drug-likeness (QED) is 0.125. The number of hydrogen-bond donors (Lipinski definition) is 4. The second-order valence-electron chi connectivity index (χ2n) is 10.6. The van der Waals surface area contributed by atoms with Crippen molar-refractivity contribution in [3.05, 3.63) is 144 Å². The predicted molar refractivity (Wildman–Crippen MR) is 189 cm³/mol. The van der Waals surface area contributed by atoms with Crippen LogP contribution in [0.4, 0.5) is 21.0 Å². The van der Waals surface area contributed by atoms with Crippen molar-refractivity contribution in [2.75, 3.05) is 10.6 Å². The molecule has 0 aliphatic carbocycles. The first kappa shape index (κ1) is 32.8. The van der Waals surface area contributed by atoms with Crippen LogP contribution in [0.1, 0.15) is 0 Å². The molecule has 49 heavy (non-hydrogen) atoms. The van der Waals surface area contributed by atoms with Crippen LogP contribution < -0.4 is 24.8 Å². The van der Waals surface area contributed by atoms with Crippen LogP contribution >= 0.6 is 23.2 Å². The fourth-order valence-corrected chi connectivity index (χ4v) is 5.17. The summed E-state index contributed by atoms with van der Waals surface area (Å²) in [6, 6.07) is 36.1. The van der Waals surface area contributed by atoms with Gasteiger partial charge in [-0.3, -0.25) is 10.6 Å². The molecule has 0 aromatic heterocycles. The molecular weight excluding hydrogens is 667 g/mol. The number of hydrogen-bond acceptors (Lipinski definition) is 7. The summed E-state index contributed by atoms with van der Waals surface area (Å²) in [6.07, 6.45) is -1.45. The lowest BCUT2D eigenvalue weighted by Crippen LogP contribution is -2.16. The summed E-state index contributed by atoms with van der Waals surface area (Å²) in [7, 11) is 0. The minimum Gasteiger partial charge on any atom is -0.508 e. The van der Waals surface area contributed by atoms with Crippen LogP contribution in [0.25, 0.3) is 22.3 Å². The molecule has 6 rings (SSSR count). The third-order valence-electron chi connectivity index (χ3n) is 7.04. The molecule has 6 aromatic carbocycles. The zero-order chi connectivity index (χ0) is 34.3. The van der Waals surface area contributed by atoms with Gasteiger partial charge in [-0.05, 0) is 108 Å². The molecular formula is C38H26Cl2N2O7. The van der Waals surface area contributed by atoms with E-state index in [0.29, 0.717) is 55.2 Å². The third kappa shape index (κ3) is 8.61. The summed E-state index contributed by atoms with van der Waals surface area (Å²) in [6.45, 7) is 0. The minimum absolute atomic E-state index is 0.0807. The predicted octanol–water partition coefficient (Wildman–Crippen LogP) is 10.8. The number of carbonyl (C=O) groups excluding carboxylic acids is 2. The molecule has 0 aliphatic rings. The van der Waals surface area contributed by atoms with Crippen LogP contribution in [-0.4, -0.2) is 22.4 Å². The van der Waals surface area contributed by atoms with Gasteiger partial charge in [0.15, 0.2) is 0 Å². The van der Waals surface area contributed by atoms with Gasteiger partial charge in [0, 0.05) is 32.5 Å². The maximum Gasteiger partial charge on any atom is 0.417 e. The highest BCUT2D eigenvalue weighted by atomic mass is 35.5. The zero-order valence-corrected chi connectivity index (χ0v) is 26.9. The summed E-state index contributed by atoms with van der Waals surface area (Å²) in [5.41, 5.74) is 3.38. The van der Waals surface area contributed by atoms with Gasteiger partial charge in [0.25, 0.3) is 0 Å². The van der Waals surface area contributed by atoms with Crippen molar-refractivity contribution >= 4 is 46.8 Å². The molecule has 0 aliphatic heterocycles. The molecule has 4 N–H and O–H groups in total. The van der Waals surface area contributed by atoms with E-state index in [4.69, 9.17) is 37.4 Å². The van der Waals surface area contributed by atoms with Crippen molar-refractivity contribution in [3.63, 3.8) is 0 Å². The van der Waals surface area contributed by atoms with E-state index in [1.165, 1.54) is 36.4 Å². The maximum absolute atomic E-state index is 12.7. The molecule has 0 saturated carbocycles. The Morgan fingerprint density at radius 2 is 0.918 bits per heavy atom. The minimum atomic E-state index is -0.723. The fourth-order valence-electron chi connectivity index (χ4n) is 4.81. The van der Waals surface area contributed by atoms with Crippen molar-refractivity contribution in [1.29, 1.82) is 0 Å². The molecule has 2 amide bonds. The van der Waals surface area contributed by atoms with E-state index >= 15 is 0 Å². The summed E-state index contributed by atoms with van der Waals surface area (Å²) < 4.78 is 17.3. The van der Waals surface area contributed by atoms with Crippen LogP contribution in [0.3, 0.4) is 0 Å². The van der Waals surface area contributed by atoms with Gasteiger partial charge in [-0.25, -0.2) is 9.59 Å². The van der Waals surface area contributed by atoms with Crippen molar-refractivity contribution in [3.8, 4) is 56.8 Å². The second-order valence-corrected chi connectivity index (χ2v) is 11.4. The first-order valence-corrected chi connectivity index (χ1v) is 15.5. The summed E-state index contributed by atoms with van der Waals surface area (Å²) >= 11 is 12.0. The number of phenols is 2. The average molecular weight is 694 g/mol. The van der Waals surface area contributed by atoms with E-state index < -0.39 is 12.2 Å². The Bertz CT molecular complexity index is 1990. The van der Waals surface area contributed by atoms with E-state index in [1.54, 1.807) is 97.1 Å². The highest BCUT2D eigenvalue weighted by molar-refractivity contribution is 6.31. The number of carbonyl (C=O) groups is 2. The lowest BCUT2D eigenvalue weighted by atomic mass is 10.0. The highest BCUT2D eigenvalue weighted by Gasteiger charge is 2.16. The molecule has 0 unspecified atom stereocenters. The smallest absolute Gasteiger partial charge is 0.417 e. The molecule has 0 radical (unpaired) electrons. The highest BCUT2D eigenvalue weighted by Crippen LogP contribution is 2.41. The van der Waals surface area contributed by atoms with Gasteiger partial charge < -0.3 is 24.4 Å². The van der Waals surface area contributed by atoms with Gasteiger partial charge in [0.05, 0.1) is 0 Å².